The van der Waals surface area contributed by atoms with Crippen molar-refractivity contribution in [3.8, 4) is 5.75 Å². The molecule has 3 rings (SSSR count). The monoisotopic (exact) mass is 416 g/mol. The van der Waals surface area contributed by atoms with Crippen LogP contribution in [0.15, 0.2) is 24.3 Å². The Balaban J connectivity index is 1.49. The molecule has 0 aromatic heterocycles. The van der Waals surface area contributed by atoms with Gasteiger partial charge in [0, 0.05) is 31.9 Å². The minimum Gasteiger partial charge on any atom is -0.492 e. The molecule has 168 valence electrons. The first kappa shape index (κ1) is 23.1. The third-order valence-electron chi connectivity index (χ3n) is 6.52. The van der Waals surface area contributed by atoms with Crippen molar-refractivity contribution >= 4 is 11.6 Å². The van der Waals surface area contributed by atoms with E-state index in [0.717, 1.165) is 49.1 Å². The van der Waals surface area contributed by atoms with Gasteiger partial charge in [0.15, 0.2) is 0 Å². The van der Waals surface area contributed by atoms with Gasteiger partial charge in [-0.1, -0.05) is 27.2 Å². The van der Waals surface area contributed by atoms with E-state index in [1.807, 2.05) is 31.2 Å². The molecule has 1 aromatic rings. The van der Waals surface area contributed by atoms with Crippen LogP contribution in [-0.4, -0.2) is 49.3 Å². The van der Waals surface area contributed by atoms with Crippen molar-refractivity contribution in [2.75, 3.05) is 38.2 Å². The van der Waals surface area contributed by atoms with Crippen LogP contribution < -0.4 is 10.1 Å². The number of benzene rings is 1. The van der Waals surface area contributed by atoms with Crippen molar-refractivity contribution in [1.82, 2.24) is 4.90 Å². The predicted octanol–water partition coefficient (Wildman–Crippen LogP) is 4.97. The summed E-state index contributed by atoms with van der Waals surface area (Å²) in [5.41, 5.74) is 0.105. The number of anilines is 1. The molecule has 1 saturated carbocycles. The van der Waals surface area contributed by atoms with Crippen LogP contribution in [0.1, 0.15) is 59.8 Å². The van der Waals surface area contributed by atoms with Gasteiger partial charge in [-0.15, -0.1) is 0 Å². The Kier molecular flexibility index (Phi) is 8.18. The summed E-state index contributed by atoms with van der Waals surface area (Å²) in [6, 6.07) is 7.72. The van der Waals surface area contributed by atoms with Gasteiger partial charge in [0.05, 0.1) is 0 Å². The number of hydrogen-bond acceptors (Lipinski definition) is 4. The lowest BCUT2D eigenvalue weighted by molar-refractivity contribution is -0.147. The quantitative estimate of drug-likeness (QED) is 0.650. The molecule has 1 aliphatic heterocycles. The van der Waals surface area contributed by atoms with Gasteiger partial charge in [0.2, 0.25) is 0 Å². The lowest BCUT2D eigenvalue weighted by Gasteiger charge is -2.38. The molecule has 1 aromatic carbocycles. The van der Waals surface area contributed by atoms with Crippen molar-refractivity contribution in [1.29, 1.82) is 0 Å². The standard InChI is InChI=1S/C25H40N2O3/c1-5-30-25(12-6-7-19(2)16-25)24(28)26-22-8-10-23(11-9-22)29-14-13-27-17-20(3)15-21(4)18-27/h8-11,19-21H,5-7,12-18H2,1-4H3,(H,26,28)/t19-,20+,21+,25+/m0/s1. The summed E-state index contributed by atoms with van der Waals surface area (Å²) in [4.78, 5) is 15.5. The Labute approximate surface area is 182 Å². The first-order chi connectivity index (χ1) is 14.4. The predicted molar refractivity (Wildman–Crippen MR) is 122 cm³/mol. The van der Waals surface area contributed by atoms with E-state index in [-0.39, 0.29) is 5.91 Å². The molecule has 5 nitrogen and oxygen atoms in total. The summed E-state index contributed by atoms with van der Waals surface area (Å²) >= 11 is 0. The summed E-state index contributed by atoms with van der Waals surface area (Å²) in [5.74, 6) is 2.88. The van der Waals surface area contributed by atoms with Crippen LogP contribution >= 0.6 is 0 Å². The molecule has 1 N–H and O–H groups in total. The minimum absolute atomic E-state index is 0.0158. The van der Waals surface area contributed by atoms with Crippen molar-refractivity contribution < 1.29 is 14.3 Å². The normalized spacial score (nSPS) is 30.1. The first-order valence-corrected chi connectivity index (χ1v) is 11.8. The highest BCUT2D eigenvalue weighted by Gasteiger charge is 2.42. The van der Waals surface area contributed by atoms with E-state index in [2.05, 4.69) is 31.0 Å². The number of hydrogen-bond donors (Lipinski definition) is 1. The van der Waals surface area contributed by atoms with E-state index in [4.69, 9.17) is 9.47 Å². The summed E-state index contributed by atoms with van der Waals surface area (Å²) < 4.78 is 11.9. The highest BCUT2D eigenvalue weighted by atomic mass is 16.5. The van der Waals surface area contributed by atoms with Gasteiger partial charge in [-0.2, -0.15) is 0 Å². The van der Waals surface area contributed by atoms with Crippen molar-refractivity contribution in [2.45, 2.75) is 65.4 Å². The average Bonchev–Trinajstić information content (AvgIpc) is 2.69. The van der Waals surface area contributed by atoms with E-state index in [1.54, 1.807) is 0 Å². The van der Waals surface area contributed by atoms with Gasteiger partial charge in [0.1, 0.15) is 18.0 Å². The Hall–Kier alpha value is -1.59. The lowest BCUT2D eigenvalue weighted by Crippen LogP contribution is -2.48. The van der Waals surface area contributed by atoms with E-state index < -0.39 is 5.60 Å². The zero-order chi connectivity index (χ0) is 21.6. The number of nitrogens with one attached hydrogen (secondary N) is 1. The summed E-state index contributed by atoms with van der Waals surface area (Å²) in [6.07, 6.45) is 5.13. The second-order valence-corrected chi connectivity index (χ2v) is 9.66. The van der Waals surface area contributed by atoms with Crippen LogP contribution in [-0.2, 0) is 9.53 Å². The van der Waals surface area contributed by atoms with Gasteiger partial charge in [-0.25, -0.2) is 0 Å². The molecule has 1 aliphatic carbocycles. The largest absolute Gasteiger partial charge is 0.492 e. The van der Waals surface area contributed by atoms with Gasteiger partial charge in [-0.3, -0.25) is 9.69 Å². The van der Waals surface area contributed by atoms with Crippen LogP contribution in [0.4, 0.5) is 5.69 Å². The Morgan fingerprint density at radius 2 is 1.83 bits per heavy atom. The maximum atomic E-state index is 13.0. The Bertz CT molecular complexity index is 663. The molecular formula is C25H40N2O3. The zero-order valence-corrected chi connectivity index (χ0v) is 19.3. The molecule has 0 bridgehead atoms. The smallest absolute Gasteiger partial charge is 0.256 e. The molecule has 2 fully saturated rings. The number of likely N-dealkylation sites (tertiary alicyclic amines) is 1. The number of amides is 1. The molecule has 1 amide bonds. The van der Waals surface area contributed by atoms with Crippen molar-refractivity contribution in [2.24, 2.45) is 17.8 Å². The SMILES string of the molecule is CCO[C@]1(C(=O)Nc2ccc(OCCN3C[C@H](C)C[C@@H](C)C3)cc2)CCC[C@H](C)C1. The van der Waals surface area contributed by atoms with Gasteiger partial charge >= 0.3 is 0 Å². The second kappa shape index (κ2) is 10.6. The first-order valence-electron chi connectivity index (χ1n) is 11.8. The number of ether oxygens (including phenoxy) is 2. The van der Waals surface area contributed by atoms with Crippen LogP contribution in [0.25, 0.3) is 0 Å². The lowest BCUT2D eigenvalue weighted by atomic mass is 9.78. The maximum absolute atomic E-state index is 13.0. The molecule has 1 saturated heterocycles. The number of piperidine rings is 1. The third-order valence-corrected chi connectivity index (χ3v) is 6.52. The minimum atomic E-state index is -0.690. The van der Waals surface area contributed by atoms with Crippen LogP contribution in [0.5, 0.6) is 5.75 Å². The summed E-state index contributed by atoms with van der Waals surface area (Å²) in [7, 11) is 0. The van der Waals surface area contributed by atoms with Gasteiger partial charge in [0.25, 0.3) is 5.91 Å². The number of rotatable bonds is 8. The molecule has 0 spiro atoms. The molecule has 0 radical (unpaired) electrons. The molecule has 5 heteroatoms. The number of carbonyl (C=O) groups excluding carboxylic acids is 1. The summed E-state index contributed by atoms with van der Waals surface area (Å²) in [6.45, 7) is 13.4. The zero-order valence-electron chi connectivity index (χ0n) is 19.3. The Morgan fingerprint density at radius 1 is 1.13 bits per heavy atom. The number of nitrogens with zero attached hydrogens (tertiary/aromatic N) is 1. The topological polar surface area (TPSA) is 50.8 Å². The van der Waals surface area contributed by atoms with E-state index in [9.17, 15) is 4.79 Å². The fraction of sp³-hybridized carbons (Fsp3) is 0.720. The van der Waals surface area contributed by atoms with Crippen molar-refractivity contribution in [3.63, 3.8) is 0 Å². The molecule has 0 unspecified atom stereocenters. The van der Waals surface area contributed by atoms with Gasteiger partial charge < -0.3 is 14.8 Å². The number of carbonyl (C=O) groups is 1. The second-order valence-electron chi connectivity index (χ2n) is 9.66. The maximum Gasteiger partial charge on any atom is 0.256 e. The third kappa shape index (κ3) is 6.21. The highest BCUT2D eigenvalue weighted by Crippen LogP contribution is 2.36. The van der Waals surface area contributed by atoms with E-state index in [0.29, 0.717) is 19.1 Å². The summed E-state index contributed by atoms with van der Waals surface area (Å²) in [5, 5.41) is 3.07. The molecular weight excluding hydrogens is 376 g/mol. The molecule has 4 atom stereocenters. The fourth-order valence-corrected chi connectivity index (χ4v) is 5.33. The average molecular weight is 417 g/mol. The fourth-order valence-electron chi connectivity index (χ4n) is 5.33. The van der Waals surface area contributed by atoms with Crippen LogP contribution in [0.3, 0.4) is 0 Å². The van der Waals surface area contributed by atoms with Crippen molar-refractivity contribution in [3.05, 3.63) is 24.3 Å². The van der Waals surface area contributed by atoms with E-state index >= 15 is 0 Å². The molecule has 1 heterocycles. The highest BCUT2D eigenvalue weighted by molar-refractivity contribution is 5.97. The van der Waals surface area contributed by atoms with Crippen LogP contribution in [0, 0.1) is 17.8 Å². The Morgan fingerprint density at radius 3 is 2.47 bits per heavy atom. The van der Waals surface area contributed by atoms with Crippen LogP contribution in [0.2, 0.25) is 0 Å². The van der Waals surface area contributed by atoms with Gasteiger partial charge in [-0.05, 0) is 74.6 Å². The molecule has 30 heavy (non-hydrogen) atoms. The molecule has 2 aliphatic rings. The van der Waals surface area contributed by atoms with E-state index in [1.165, 1.54) is 25.9 Å².